The van der Waals surface area contributed by atoms with E-state index in [1.807, 2.05) is 0 Å². The van der Waals surface area contributed by atoms with Crippen LogP contribution in [-0.4, -0.2) is 12.1 Å². The Balaban J connectivity index is 3.19. The van der Waals surface area contributed by atoms with Gasteiger partial charge < -0.3 is 5.32 Å². The van der Waals surface area contributed by atoms with E-state index in [1.54, 1.807) is 0 Å². The SMILES string of the molecule is CCCCCCCCCCCCNC(C)(CC)CC. The maximum atomic E-state index is 3.72. The van der Waals surface area contributed by atoms with Crippen LogP contribution >= 0.6 is 0 Å². The smallest absolute Gasteiger partial charge is 0.0148 e. The Morgan fingerprint density at radius 1 is 0.632 bits per heavy atom. The molecule has 0 bridgehead atoms. The van der Waals surface area contributed by atoms with E-state index >= 15 is 0 Å². The predicted octanol–water partition coefficient (Wildman–Crippen LogP) is 6.08. The first kappa shape index (κ1) is 19.0. The van der Waals surface area contributed by atoms with Gasteiger partial charge in [-0.2, -0.15) is 0 Å². The van der Waals surface area contributed by atoms with E-state index < -0.39 is 0 Å². The zero-order chi connectivity index (χ0) is 14.4. The van der Waals surface area contributed by atoms with Crippen molar-refractivity contribution in [3.8, 4) is 0 Å². The second-order valence-electron chi connectivity index (χ2n) is 6.38. The van der Waals surface area contributed by atoms with Crippen molar-refractivity contribution in [2.75, 3.05) is 6.54 Å². The molecule has 0 saturated heterocycles. The van der Waals surface area contributed by atoms with Crippen molar-refractivity contribution in [2.45, 2.75) is 110 Å². The highest BCUT2D eigenvalue weighted by Gasteiger charge is 2.17. The highest BCUT2D eigenvalue weighted by molar-refractivity contribution is 4.79. The fourth-order valence-corrected chi connectivity index (χ4v) is 2.50. The minimum atomic E-state index is 0.374. The lowest BCUT2D eigenvalue weighted by Gasteiger charge is -2.28. The van der Waals surface area contributed by atoms with Crippen LogP contribution in [0.4, 0.5) is 0 Å². The molecule has 0 radical (unpaired) electrons. The Bertz CT molecular complexity index is 173. The molecule has 0 amide bonds. The molecule has 0 aliphatic heterocycles. The Labute approximate surface area is 122 Å². The van der Waals surface area contributed by atoms with Gasteiger partial charge in [-0.25, -0.2) is 0 Å². The number of hydrogen-bond acceptors (Lipinski definition) is 1. The Hall–Kier alpha value is -0.0400. The van der Waals surface area contributed by atoms with Gasteiger partial charge in [0.1, 0.15) is 0 Å². The van der Waals surface area contributed by atoms with Gasteiger partial charge in [-0.3, -0.25) is 0 Å². The average molecular weight is 270 g/mol. The van der Waals surface area contributed by atoms with Gasteiger partial charge in [0.15, 0.2) is 0 Å². The van der Waals surface area contributed by atoms with Crippen LogP contribution in [0.25, 0.3) is 0 Å². The normalized spacial score (nSPS) is 12.0. The maximum absolute atomic E-state index is 3.72. The lowest BCUT2D eigenvalue weighted by molar-refractivity contribution is 0.328. The first-order valence-electron chi connectivity index (χ1n) is 8.93. The monoisotopic (exact) mass is 269 g/mol. The molecule has 0 fully saturated rings. The van der Waals surface area contributed by atoms with E-state index in [1.165, 1.54) is 83.6 Å². The van der Waals surface area contributed by atoms with Crippen molar-refractivity contribution in [3.63, 3.8) is 0 Å². The molecule has 0 rings (SSSR count). The van der Waals surface area contributed by atoms with Gasteiger partial charge in [-0.1, -0.05) is 78.6 Å². The summed E-state index contributed by atoms with van der Waals surface area (Å²) in [6, 6.07) is 0. The van der Waals surface area contributed by atoms with E-state index in [2.05, 4.69) is 33.0 Å². The largest absolute Gasteiger partial charge is 0.312 e. The van der Waals surface area contributed by atoms with Crippen LogP contribution in [0.1, 0.15) is 105 Å². The molecule has 19 heavy (non-hydrogen) atoms. The van der Waals surface area contributed by atoms with E-state index in [-0.39, 0.29) is 0 Å². The summed E-state index contributed by atoms with van der Waals surface area (Å²) in [6.45, 7) is 10.4. The number of nitrogens with one attached hydrogen (secondary N) is 1. The molecule has 0 aromatic heterocycles. The Kier molecular flexibility index (Phi) is 12.9. The molecule has 1 nitrogen and oxygen atoms in total. The van der Waals surface area contributed by atoms with Crippen LogP contribution in [0, 0.1) is 0 Å². The molecule has 0 saturated carbocycles. The summed E-state index contributed by atoms with van der Waals surface area (Å²) in [6.07, 6.45) is 16.7. The molecule has 0 spiro atoms. The van der Waals surface area contributed by atoms with Gasteiger partial charge in [-0.05, 0) is 32.7 Å². The molecule has 0 atom stereocenters. The molecule has 0 unspecified atom stereocenters. The molecule has 0 aromatic rings. The van der Waals surface area contributed by atoms with Crippen molar-refractivity contribution in [1.29, 1.82) is 0 Å². The van der Waals surface area contributed by atoms with E-state index in [4.69, 9.17) is 0 Å². The van der Waals surface area contributed by atoms with Crippen LogP contribution < -0.4 is 5.32 Å². The van der Waals surface area contributed by atoms with Crippen LogP contribution in [0.5, 0.6) is 0 Å². The molecule has 1 N–H and O–H groups in total. The molecule has 0 aliphatic rings. The zero-order valence-electron chi connectivity index (χ0n) is 14.2. The summed E-state index contributed by atoms with van der Waals surface area (Å²) in [5, 5.41) is 3.72. The first-order valence-corrected chi connectivity index (χ1v) is 8.93. The zero-order valence-corrected chi connectivity index (χ0v) is 14.2. The third kappa shape index (κ3) is 11.5. The Morgan fingerprint density at radius 2 is 1.05 bits per heavy atom. The number of rotatable bonds is 14. The summed E-state index contributed by atoms with van der Waals surface area (Å²) in [5.41, 5.74) is 0.374. The van der Waals surface area contributed by atoms with Crippen LogP contribution in [0.2, 0.25) is 0 Å². The van der Waals surface area contributed by atoms with Gasteiger partial charge in [-0.15, -0.1) is 0 Å². The summed E-state index contributed by atoms with van der Waals surface area (Å²) in [5.74, 6) is 0. The number of hydrogen-bond donors (Lipinski definition) is 1. The lowest BCUT2D eigenvalue weighted by Crippen LogP contribution is -2.41. The van der Waals surface area contributed by atoms with Crippen molar-refractivity contribution in [1.82, 2.24) is 5.32 Å². The van der Waals surface area contributed by atoms with Crippen LogP contribution in [0.3, 0.4) is 0 Å². The topological polar surface area (TPSA) is 12.0 Å². The second-order valence-corrected chi connectivity index (χ2v) is 6.38. The van der Waals surface area contributed by atoms with E-state index in [9.17, 15) is 0 Å². The summed E-state index contributed by atoms with van der Waals surface area (Å²) in [7, 11) is 0. The molecule has 116 valence electrons. The lowest BCUT2D eigenvalue weighted by atomic mass is 9.95. The van der Waals surface area contributed by atoms with Crippen molar-refractivity contribution in [3.05, 3.63) is 0 Å². The first-order chi connectivity index (χ1) is 9.18. The fraction of sp³-hybridized carbons (Fsp3) is 1.00. The van der Waals surface area contributed by atoms with E-state index in [0.717, 1.165) is 0 Å². The third-order valence-electron chi connectivity index (χ3n) is 4.64. The molecule has 0 aliphatic carbocycles. The average Bonchev–Trinajstić information content (AvgIpc) is 2.44. The number of unbranched alkanes of at least 4 members (excludes halogenated alkanes) is 9. The Morgan fingerprint density at radius 3 is 1.47 bits per heavy atom. The summed E-state index contributed by atoms with van der Waals surface area (Å²) >= 11 is 0. The third-order valence-corrected chi connectivity index (χ3v) is 4.64. The quantitative estimate of drug-likeness (QED) is 0.377. The van der Waals surface area contributed by atoms with Gasteiger partial charge in [0.25, 0.3) is 0 Å². The van der Waals surface area contributed by atoms with Gasteiger partial charge in [0.05, 0.1) is 0 Å². The molecule has 0 heterocycles. The molecule has 0 aromatic carbocycles. The minimum Gasteiger partial charge on any atom is -0.312 e. The van der Waals surface area contributed by atoms with Crippen molar-refractivity contribution >= 4 is 0 Å². The van der Waals surface area contributed by atoms with Gasteiger partial charge >= 0.3 is 0 Å². The molecule has 1 heteroatoms. The molecular formula is C18H39N. The minimum absolute atomic E-state index is 0.374. The standard InChI is InChI=1S/C18H39N/c1-5-8-9-10-11-12-13-14-15-16-17-19-18(4,6-2)7-3/h19H,5-17H2,1-4H3. The van der Waals surface area contributed by atoms with E-state index in [0.29, 0.717) is 5.54 Å². The second kappa shape index (κ2) is 13.0. The van der Waals surface area contributed by atoms with Gasteiger partial charge in [0, 0.05) is 5.54 Å². The highest BCUT2D eigenvalue weighted by atomic mass is 15.0. The van der Waals surface area contributed by atoms with Crippen molar-refractivity contribution < 1.29 is 0 Å². The summed E-state index contributed by atoms with van der Waals surface area (Å²) < 4.78 is 0. The van der Waals surface area contributed by atoms with Crippen LogP contribution in [0.15, 0.2) is 0 Å². The predicted molar refractivity (Wildman–Crippen MR) is 88.8 cm³/mol. The van der Waals surface area contributed by atoms with Crippen LogP contribution in [-0.2, 0) is 0 Å². The van der Waals surface area contributed by atoms with Gasteiger partial charge in [0.2, 0.25) is 0 Å². The fourth-order valence-electron chi connectivity index (χ4n) is 2.50. The summed E-state index contributed by atoms with van der Waals surface area (Å²) in [4.78, 5) is 0. The molecular weight excluding hydrogens is 230 g/mol. The van der Waals surface area contributed by atoms with Crippen molar-refractivity contribution in [2.24, 2.45) is 0 Å². The highest BCUT2D eigenvalue weighted by Crippen LogP contribution is 2.14. The maximum Gasteiger partial charge on any atom is 0.0148 e.